The zero-order valence-corrected chi connectivity index (χ0v) is 14.6. The second-order valence-corrected chi connectivity index (χ2v) is 5.90. The van der Waals surface area contributed by atoms with Crippen molar-refractivity contribution in [2.75, 3.05) is 0 Å². The average molecular weight is 356 g/mol. The van der Waals surface area contributed by atoms with E-state index in [9.17, 15) is 4.79 Å². The number of hydrazone groups is 1. The van der Waals surface area contributed by atoms with Crippen LogP contribution in [0.4, 0.5) is 0 Å². The van der Waals surface area contributed by atoms with Crippen LogP contribution >= 0.6 is 0 Å². The first-order valence-corrected chi connectivity index (χ1v) is 8.42. The summed E-state index contributed by atoms with van der Waals surface area (Å²) in [6, 6.07) is 18.3. The lowest BCUT2D eigenvalue weighted by molar-refractivity contribution is 0.0956. The van der Waals surface area contributed by atoms with E-state index in [2.05, 4.69) is 20.5 Å². The number of furan rings is 1. The normalized spacial score (nSPS) is 11.5. The number of rotatable bonds is 4. The van der Waals surface area contributed by atoms with E-state index < -0.39 is 0 Å². The minimum atomic E-state index is -0.323. The maximum Gasteiger partial charge on any atom is 0.272 e. The molecule has 0 saturated heterocycles. The summed E-state index contributed by atoms with van der Waals surface area (Å²) in [6.45, 7) is 1.79. The van der Waals surface area contributed by atoms with Crippen LogP contribution in [0.15, 0.2) is 82.6 Å². The van der Waals surface area contributed by atoms with Crippen LogP contribution in [0.2, 0.25) is 0 Å². The molecule has 0 bridgehead atoms. The molecule has 0 radical (unpaired) electrons. The highest BCUT2D eigenvalue weighted by atomic mass is 16.3. The number of para-hydroxylation sites is 1. The third-order valence-electron chi connectivity index (χ3n) is 4.10. The van der Waals surface area contributed by atoms with E-state index in [0.29, 0.717) is 33.9 Å². The molecule has 4 rings (SSSR count). The minimum Gasteiger partial charge on any atom is -0.463 e. The number of hydrogen-bond acceptors (Lipinski definition) is 5. The van der Waals surface area contributed by atoms with Crippen LogP contribution in [0.25, 0.3) is 22.4 Å². The lowest BCUT2D eigenvalue weighted by Gasteiger charge is -2.08. The molecule has 0 spiro atoms. The van der Waals surface area contributed by atoms with Crippen LogP contribution < -0.4 is 5.43 Å². The fraction of sp³-hybridized carbons (Fsp3) is 0.0476. The van der Waals surface area contributed by atoms with Gasteiger partial charge in [0.1, 0.15) is 5.69 Å². The van der Waals surface area contributed by atoms with E-state index in [1.165, 1.54) is 0 Å². The first-order chi connectivity index (χ1) is 13.2. The van der Waals surface area contributed by atoms with Gasteiger partial charge in [-0.2, -0.15) is 5.10 Å². The quantitative estimate of drug-likeness (QED) is 0.442. The minimum absolute atomic E-state index is 0.323. The van der Waals surface area contributed by atoms with Crippen molar-refractivity contribution in [3.8, 4) is 11.5 Å². The van der Waals surface area contributed by atoms with Crippen LogP contribution in [0, 0.1) is 0 Å². The number of fused-ring (bicyclic) bond motifs is 1. The summed E-state index contributed by atoms with van der Waals surface area (Å²) in [5.41, 5.74) is 5.71. The van der Waals surface area contributed by atoms with Crippen molar-refractivity contribution in [1.29, 1.82) is 0 Å². The zero-order chi connectivity index (χ0) is 18.6. The number of pyridine rings is 2. The molecule has 3 aromatic heterocycles. The van der Waals surface area contributed by atoms with Crippen molar-refractivity contribution in [3.63, 3.8) is 0 Å². The molecular weight excluding hydrogens is 340 g/mol. The van der Waals surface area contributed by atoms with Crippen LogP contribution in [-0.2, 0) is 0 Å². The molecule has 6 nitrogen and oxygen atoms in total. The Morgan fingerprint density at radius 2 is 1.93 bits per heavy atom. The lowest BCUT2D eigenvalue weighted by Crippen LogP contribution is -2.20. The topological polar surface area (TPSA) is 80.4 Å². The van der Waals surface area contributed by atoms with E-state index in [4.69, 9.17) is 4.42 Å². The molecule has 4 aromatic rings. The first kappa shape index (κ1) is 16.7. The molecule has 27 heavy (non-hydrogen) atoms. The SMILES string of the molecule is C/C(=N/NC(=O)c1cc(-c2ccco2)nc2ccccc12)c1ccccn1. The van der Waals surface area contributed by atoms with Crippen LogP contribution in [0.3, 0.4) is 0 Å². The molecule has 1 amide bonds. The highest BCUT2D eigenvalue weighted by Crippen LogP contribution is 2.25. The summed E-state index contributed by atoms with van der Waals surface area (Å²) in [4.78, 5) is 21.6. The van der Waals surface area contributed by atoms with Crippen molar-refractivity contribution in [1.82, 2.24) is 15.4 Å². The van der Waals surface area contributed by atoms with Gasteiger partial charge >= 0.3 is 0 Å². The van der Waals surface area contributed by atoms with E-state index in [0.717, 1.165) is 5.39 Å². The Bertz CT molecular complexity index is 1120. The molecular formula is C21H16N4O2. The molecule has 3 heterocycles. The van der Waals surface area contributed by atoms with E-state index in [-0.39, 0.29) is 5.91 Å². The van der Waals surface area contributed by atoms with Crippen molar-refractivity contribution < 1.29 is 9.21 Å². The van der Waals surface area contributed by atoms with Gasteiger partial charge in [-0.3, -0.25) is 9.78 Å². The van der Waals surface area contributed by atoms with Crippen molar-refractivity contribution >= 4 is 22.5 Å². The Labute approximate surface area is 155 Å². The van der Waals surface area contributed by atoms with Crippen molar-refractivity contribution in [2.24, 2.45) is 5.10 Å². The van der Waals surface area contributed by atoms with Crippen molar-refractivity contribution in [3.05, 3.63) is 84.4 Å². The molecule has 0 aliphatic heterocycles. The molecule has 132 valence electrons. The monoisotopic (exact) mass is 356 g/mol. The Morgan fingerprint density at radius 3 is 2.70 bits per heavy atom. The van der Waals surface area contributed by atoms with Gasteiger partial charge in [-0.15, -0.1) is 0 Å². The first-order valence-electron chi connectivity index (χ1n) is 8.42. The highest BCUT2D eigenvalue weighted by molar-refractivity contribution is 6.07. The van der Waals surface area contributed by atoms with Crippen LogP contribution in [0.5, 0.6) is 0 Å². The summed E-state index contributed by atoms with van der Waals surface area (Å²) in [5, 5.41) is 4.93. The molecule has 0 unspecified atom stereocenters. The third-order valence-corrected chi connectivity index (χ3v) is 4.10. The molecule has 1 N–H and O–H groups in total. The van der Waals surface area contributed by atoms with Gasteiger partial charge in [0.25, 0.3) is 5.91 Å². The number of hydrogen-bond donors (Lipinski definition) is 1. The van der Waals surface area contributed by atoms with E-state index in [1.807, 2.05) is 48.5 Å². The Hall–Kier alpha value is -3.80. The number of carbonyl (C=O) groups is 1. The summed E-state index contributed by atoms with van der Waals surface area (Å²) in [5.74, 6) is 0.277. The van der Waals surface area contributed by atoms with Gasteiger partial charge in [-0.25, -0.2) is 10.4 Å². The molecule has 6 heteroatoms. The summed E-state index contributed by atoms with van der Waals surface area (Å²) < 4.78 is 5.43. The fourth-order valence-corrected chi connectivity index (χ4v) is 2.74. The van der Waals surface area contributed by atoms with Crippen LogP contribution in [-0.4, -0.2) is 21.6 Å². The number of aromatic nitrogens is 2. The predicted molar refractivity (Wildman–Crippen MR) is 103 cm³/mol. The summed E-state index contributed by atoms with van der Waals surface area (Å²) in [7, 11) is 0. The van der Waals surface area contributed by atoms with Crippen LogP contribution in [0.1, 0.15) is 23.0 Å². The maximum atomic E-state index is 12.8. The Morgan fingerprint density at radius 1 is 1.07 bits per heavy atom. The molecule has 0 aliphatic carbocycles. The molecule has 0 saturated carbocycles. The van der Waals surface area contributed by atoms with Gasteiger partial charge in [0.2, 0.25) is 0 Å². The van der Waals surface area contributed by atoms with Gasteiger partial charge in [0.15, 0.2) is 5.76 Å². The predicted octanol–water partition coefficient (Wildman–Crippen LogP) is 4.04. The number of benzene rings is 1. The molecule has 0 atom stereocenters. The Kier molecular flexibility index (Phi) is 4.45. The van der Waals surface area contributed by atoms with Gasteiger partial charge in [-0.1, -0.05) is 24.3 Å². The van der Waals surface area contributed by atoms with Gasteiger partial charge in [0, 0.05) is 11.6 Å². The summed E-state index contributed by atoms with van der Waals surface area (Å²) in [6.07, 6.45) is 3.26. The number of amides is 1. The second-order valence-electron chi connectivity index (χ2n) is 5.90. The lowest BCUT2D eigenvalue weighted by atomic mass is 10.1. The third kappa shape index (κ3) is 3.46. The van der Waals surface area contributed by atoms with E-state index in [1.54, 1.807) is 31.5 Å². The maximum absolute atomic E-state index is 12.8. The van der Waals surface area contributed by atoms with Gasteiger partial charge < -0.3 is 4.42 Å². The van der Waals surface area contributed by atoms with E-state index >= 15 is 0 Å². The highest BCUT2D eigenvalue weighted by Gasteiger charge is 2.15. The number of nitrogens with one attached hydrogen (secondary N) is 1. The number of nitrogens with zero attached hydrogens (tertiary/aromatic N) is 3. The van der Waals surface area contributed by atoms with Gasteiger partial charge in [0.05, 0.1) is 28.7 Å². The molecule has 1 aromatic carbocycles. The smallest absolute Gasteiger partial charge is 0.272 e. The Balaban J connectivity index is 1.71. The molecule has 0 fully saturated rings. The average Bonchev–Trinajstić information content (AvgIpc) is 3.26. The summed E-state index contributed by atoms with van der Waals surface area (Å²) >= 11 is 0. The zero-order valence-electron chi connectivity index (χ0n) is 14.6. The fourth-order valence-electron chi connectivity index (χ4n) is 2.74. The van der Waals surface area contributed by atoms with Gasteiger partial charge in [-0.05, 0) is 43.3 Å². The molecule has 0 aliphatic rings. The van der Waals surface area contributed by atoms with Crippen molar-refractivity contribution in [2.45, 2.75) is 6.92 Å². The largest absolute Gasteiger partial charge is 0.463 e. The second kappa shape index (κ2) is 7.21. The number of carbonyl (C=O) groups excluding carboxylic acids is 1. The standard InChI is InChI=1S/C21H16N4O2/c1-14(17-8-4-5-11-22-17)24-25-21(26)16-13-19(20-10-6-12-27-20)23-18-9-3-2-7-15(16)18/h2-13H,1H3,(H,25,26)/b24-14-.